The third-order valence-electron chi connectivity index (χ3n) is 1.02. The van der Waals surface area contributed by atoms with Crippen molar-refractivity contribution in [1.29, 1.82) is 0 Å². The minimum atomic E-state index is -1.25. The van der Waals surface area contributed by atoms with Crippen LogP contribution in [0.25, 0.3) is 0 Å². The molecule has 0 spiro atoms. The molecule has 0 aliphatic rings. The van der Waals surface area contributed by atoms with E-state index < -0.39 is 6.09 Å². The van der Waals surface area contributed by atoms with Crippen LogP contribution < -0.4 is 5.36 Å². The number of carbonyl (C=O) groups is 1. The lowest BCUT2D eigenvalue weighted by molar-refractivity contribution is 0.184. The second-order valence-corrected chi connectivity index (χ2v) is 1.83. The minimum Gasteiger partial charge on any atom is -0.463 e. The summed E-state index contributed by atoms with van der Waals surface area (Å²) < 4.78 is 0.806. The van der Waals surface area contributed by atoms with Gasteiger partial charge in [-0.1, -0.05) is 0 Å². The van der Waals surface area contributed by atoms with E-state index >= 15 is 0 Å². The Kier molecular flexibility index (Phi) is 1.91. The van der Waals surface area contributed by atoms with Crippen LogP contribution in [0.1, 0.15) is 0 Å². The molecule has 1 heterocycles. The number of rotatable bonds is 0. The number of pyridine rings is 1. The maximum absolute atomic E-state index is 10.0. The number of aromatic nitrogens is 1. The SMILES string of the molecule is O=C(O)N=c1ccn(O)cc1. The summed E-state index contributed by atoms with van der Waals surface area (Å²) in [5.74, 6) is 0. The average Bonchev–Trinajstić information content (AvgIpc) is 1.93. The first-order chi connectivity index (χ1) is 5.18. The molecule has 1 amide bonds. The highest BCUT2D eigenvalue weighted by atomic mass is 16.5. The van der Waals surface area contributed by atoms with E-state index in [1.165, 1.54) is 24.5 Å². The zero-order chi connectivity index (χ0) is 8.27. The predicted molar refractivity (Wildman–Crippen MR) is 35.2 cm³/mol. The summed E-state index contributed by atoms with van der Waals surface area (Å²) in [6, 6.07) is 2.77. The van der Waals surface area contributed by atoms with E-state index in [9.17, 15) is 4.79 Å². The summed E-state index contributed by atoms with van der Waals surface area (Å²) in [5.41, 5.74) is 0. The fourth-order valence-corrected chi connectivity index (χ4v) is 0.596. The van der Waals surface area contributed by atoms with Gasteiger partial charge in [-0.05, 0) is 12.1 Å². The lowest BCUT2D eigenvalue weighted by Crippen LogP contribution is -2.05. The Hall–Kier alpha value is -1.78. The largest absolute Gasteiger partial charge is 0.463 e. The molecule has 0 atom stereocenters. The van der Waals surface area contributed by atoms with E-state index in [1.807, 2.05) is 0 Å². The monoisotopic (exact) mass is 154 g/mol. The molecule has 2 N–H and O–H groups in total. The maximum atomic E-state index is 10.0. The van der Waals surface area contributed by atoms with Crippen LogP contribution in [0.15, 0.2) is 29.5 Å². The van der Waals surface area contributed by atoms with Crippen molar-refractivity contribution in [2.24, 2.45) is 4.99 Å². The van der Waals surface area contributed by atoms with Crippen LogP contribution in [0.5, 0.6) is 0 Å². The van der Waals surface area contributed by atoms with Gasteiger partial charge in [0.1, 0.15) is 0 Å². The van der Waals surface area contributed by atoms with Gasteiger partial charge < -0.3 is 10.3 Å². The minimum absolute atomic E-state index is 0.294. The molecular formula is C6H6N2O3. The van der Waals surface area contributed by atoms with Crippen molar-refractivity contribution in [3.8, 4) is 0 Å². The summed E-state index contributed by atoms with van der Waals surface area (Å²) in [6.07, 6.45) is 1.34. The first-order valence-electron chi connectivity index (χ1n) is 2.84. The van der Waals surface area contributed by atoms with Crippen LogP contribution in [0.2, 0.25) is 0 Å². The second-order valence-electron chi connectivity index (χ2n) is 1.83. The summed E-state index contributed by atoms with van der Waals surface area (Å²) in [6.45, 7) is 0. The lowest BCUT2D eigenvalue weighted by atomic mass is 10.5. The third-order valence-corrected chi connectivity index (χ3v) is 1.02. The highest BCUT2D eigenvalue weighted by Gasteiger charge is 1.87. The lowest BCUT2D eigenvalue weighted by Gasteiger charge is -1.91. The standard InChI is InChI=1S/C6H6N2O3/c9-6(10)7-5-1-3-8(11)4-2-5/h1-4,11H,(H,9,10). The summed E-state index contributed by atoms with van der Waals surface area (Å²) in [4.78, 5) is 13.2. The topological polar surface area (TPSA) is 74.8 Å². The van der Waals surface area contributed by atoms with Crippen LogP contribution in [-0.2, 0) is 0 Å². The summed E-state index contributed by atoms with van der Waals surface area (Å²) in [7, 11) is 0. The van der Waals surface area contributed by atoms with E-state index in [2.05, 4.69) is 4.99 Å². The Morgan fingerprint density at radius 3 is 2.45 bits per heavy atom. The van der Waals surface area contributed by atoms with Crippen molar-refractivity contribution in [3.05, 3.63) is 29.9 Å². The van der Waals surface area contributed by atoms with E-state index in [1.54, 1.807) is 0 Å². The first kappa shape index (κ1) is 7.33. The molecule has 0 aliphatic heterocycles. The van der Waals surface area contributed by atoms with Crippen LogP contribution in [0.3, 0.4) is 0 Å². The number of carboxylic acid groups (broad SMARTS) is 1. The van der Waals surface area contributed by atoms with Gasteiger partial charge in [0.25, 0.3) is 0 Å². The molecule has 5 heteroatoms. The Morgan fingerprint density at radius 2 is 2.00 bits per heavy atom. The number of nitrogens with zero attached hydrogens (tertiary/aromatic N) is 2. The zero-order valence-electron chi connectivity index (χ0n) is 5.51. The normalized spacial score (nSPS) is 9.09. The van der Waals surface area contributed by atoms with E-state index in [0.29, 0.717) is 5.36 Å². The predicted octanol–water partition coefficient (Wildman–Crippen LogP) is 0.304. The fourth-order valence-electron chi connectivity index (χ4n) is 0.596. The van der Waals surface area contributed by atoms with Crippen molar-refractivity contribution >= 4 is 6.09 Å². The molecule has 0 fully saturated rings. The quantitative estimate of drug-likeness (QED) is 0.528. The number of hydrogen-bond acceptors (Lipinski definition) is 2. The van der Waals surface area contributed by atoms with E-state index in [4.69, 9.17) is 10.3 Å². The van der Waals surface area contributed by atoms with Crippen LogP contribution in [-0.4, -0.2) is 21.1 Å². The Labute approximate surface area is 61.8 Å². The van der Waals surface area contributed by atoms with Crippen LogP contribution in [0.4, 0.5) is 4.79 Å². The maximum Gasteiger partial charge on any atom is 0.431 e. The van der Waals surface area contributed by atoms with Gasteiger partial charge in [0.05, 0.1) is 5.36 Å². The van der Waals surface area contributed by atoms with Gasteiger partial charge in [0.2, 0.25) is 0 Å². The Balaban J connectivity index is 3.08. The fraction of sp³-hybridized carbons (Fsp3) is 0. The first-order valence-corrected chi connectivity index (χ1v) is 2.84. The Bertz CT molecular complexity index is 308. The van der Waals surface area contributed by atoms with Gasteiger partial charge >= 0.3 is 6.09 Å². The molecule has 0 aromatic carbocycles. The molecule has 1 rings (SSSR count). The molecular weight excluding hydrogens is 148 g/mol. The highest BCUT2D eigenvalue weighted by molar-refractivity contribution is 5.65. The van der Waals surface area contributed by atoms with Gasteiger partial charge in [-0.25, -0.2) is 9.52 Å². The smallest absolute Gasteiger partial charge is 0.431 e. The molecule has 0 saturated carbocycles. The molecule has 1 aromatic rings. The van der Waals surface area contributed by atoms with Crippen molar-refractivity contribution in [1.82, 2.24) is 4.73 Å². The van der Waals surface area contributed by atoms with Crippen molar-refractivity contribution in [3.63, 3.8) is 0 Å². The van der Waals surface area contributed by atoms with Gasteiger partial charge in [-0.15, -0.1) is 0 Å². The molecule has 11 heavy (non-hydrogen) atoms. The van der Waals surface area contributed by atoms with E-state index in [0.717, 1.165) is 4.73 Å². The number of amides is 1. The summed E-state index contributed by atoms with van der Waals surface area (Å²) >= 11 is 0. The van der Waals surface area contributed by atoms with Crippen LogP contribution in [0, 0.1) is 0 Å². The van der Waals surface area contributed by atoms with Gasteiger partial charge in [-0.2, -0.15) is 4.99 Å². The zero-order valence-corrected chi connectivity index (χ0v) is 5.51. The molecule has 0 saturated heterocycles. The van der Waals surface area contributed by atoms with Crippen molar-refractivity contribution in [2.75, 3.05) is 0 Å². The van der Waals surface area contributed by atoms with Crippen molar-refractivity contribution in [2.45, 2.75) is 0 Å². The summed E-state index contributed by atoms with van der Waals surface area (Å²) in [5, 5.41) is 17.2. The molecule has 0 aliphatic carbocycles. The molecule has 1 aromatic heterocycles. The Morgan fingerprint density at radius 1 is 1.45 bits per heavy atom. The number of hydrogen-bond donors (Lipinski definition) is 2. The van der Waals surface area contributed by atoms with Crippen LogP contribution >= 0.6 is 0 Å². The van der Waals surface area contributed by atoms with E-state index in [-0.39, 0.29) is 0 Å². The average molecular weight is 154 g/mol. The second kappa shape index (κ2) is 2.87. The molecule has 0 unspecified atom stereocenters. The van der Waals surface area contributed by atoms with Gasteiger partial charge in [0, 0.05) is 12.4 Å². The third kappa shape index (κ3) is 2.13. The van der Waals surface area contributed by atoms with Gasteiger partial charge in [-0.3, -0.25) is 0 Å². The molecule has 0 bridgehead atoms. The van der Waals surface area contributed by atoms with Crippen molar-refractivity contribution < 1.29 is 15.1 Å². The molecule has 5 nitrogen and oxygen atoms in total. The van der Waals surface area contributed by atoms with Gasteiger partial charge in [0.15, 0.2) is 0 Å². The highest BCUT2D eigenvalue weighted by Crippen LogP contribution is 1.76. The molecule has 0 radical (unpaired) electrons. The molecule has 58 valence electrons.